The number of fused-ring (bicyclic) bond motifs is 1. The van der Waals surface area contributed by atoms with E-state index in [1.165, 1.54) is 11.5 Å². The van der Waals surface area contributed by atoms with Crippen LogP contribution in [0.3, 0.4) is 0 Å². The second kappa shape index (κ2) is 8.83. The molecule has 0 fully saturated rings. The fourth-order valence-corrected chi connectivity index (χ4v) is 3.62. The summed E-state index contributed by atoms with van der Waals surface area (Å²) in [4.78, 5) is 30.0. The predicted molar refractivity (Wildman–Crippen MR) is 125 cm³/mol. The van der Waals surface area contributed by atoms with E-state index in [1.807, 2.05) is 30.3 Å². The molecule has 5 rings (SSSR count). The summed E-state index contributed by atoms with van der Waals surface area (Å²) in [5.74, 6) is 0.578. The predicted octanol–water partition coefficient (Wildman–Crippen LogP) is 3.51. The van der Waals surface area contributed by atoms with Gasteiger partial charge in [0.15, 0.2) is 5.65 Å². The molecular formula is C23H17ClN6O4. The molecule has 2 aromatic carbocycles. The van der Waals surface area contributed by atoms with Crippen molar-refractivity contribution in [1.29, 1.82) is 0 Å². The van der Waals surface area contributed by atoms with Gasteiger partial charge in [0.2, 0.25) is 11.7 Å². The Morgan fingerprint density at radius 1 is 1.15 bits per heavy atom. The van der Waals surface area contributed by atoms with E-state index in [2.05, 4.69) is 20.6 Å². The fraction of sp³-hybridized carbons (Fsp3) is 0.0870. The van der Waals surface area contributed by atoms with E-state index in [4.69, 9.17) is 20.9 Å². The van der Waals surface area contributed by atoms with Crippen LogP contribution >= 0.6 is 11.6 Å². The summed E-state index contributed by atoms with van der Waals surface area (Å²) in [7, 11) is 1.48. The molecule has 3 heterocycles. The molecule has 0 aliphatic heterocycles. The summed E-state index contributed by atoms with van der Waals surface area (Å²) in [5, 5.41) is 11.5. The number of amides is 1. The topological polar surface area (TPSA) is 117 Å². The van der Waals surface area contributed by atoms with Crippen molar-refractivity contribution in [1.82, 2.24) is 24.3 Å². The normalized spacial score (nSPS) is 11.0. The highest BCUT2D eigenvalue weighted by molar-refractivity contribution is 6.31. The molecular weight excluding hydrogens is 460 g/mol. The zero-order valence-electron chi connectivity index (χ0n) is 17.8. The monoisotopic (exact) mass is 476 g/mol. The molecule has 3 aromatic heterocycles. The average molecular weight is 477 g/mol. The van der Waals surface area contributed by atoms with Gasteiger partial charge in [-0.05, 0) is 30.3 Å². The molecule has 0 bridgehead atoms. The zero-order valence-corrected chi connectivity index (χ0v) is 18.6. The third kappa shape index (κ3) is 4.02. The summed E-state index contributed by atoms with van der Waals surface area (Å²) in [6, 6.07) is 17.6. The van der Waals surface area contributed by atoms with Crippen LogP contribution in [0.4, 0.5) is 5.69 Å². The highest BCUT2D eigenvalue weighted by Gasteiger charge is 2.19. The number of benzene rings is 2. The van der Waals surface area contributed by atoms with Crippen molar-refractivity contribution < 1.29 is 14.1 Å². The van der Waals surface area contributed by atoms with Crippen LogP contribution in [0.1, 0.15) is 0 Å². The summed E-state index contributed by atoms with van der Waals surface area (Å²) in [5.41, 5.74) is 1.43. The first kappa shape index (κ1) is 21.4. The average Bonchev–Trinajstić information content (AvgIpc) is 3.45. The minimum atomic E-state index is -0.493. The van der Waals surface area contributed by atoms with Crippen molar-refractivity contribution in [2.75, 3.05) is 12.4 Å². The lowest BCUT2D eigenvalue weighted by Crippen LogP contribution is -2.28. The number of ether oxygens (including phenoxy) is 1. The van der Waals surface area contributed by atoms with Crippen molar-refractivity contribution >= 4 is 28.8 Å². The summed E-state index contributed by atoms with van der Waals surface area (Å²) < 4.78 is 13.0. The van der Waals surface area contributed by atoms with Crippen molar-refractivity contribution in [2.24, 2.45) is 0 Å². The number of carbonyl (C=O) groups is 1. The Kier molecular flexibility index (Phi) is 5.56. The SMILES string of the molecule is COc1ccc(Cl)cc1NC(=O)Cn1nc2c(-c3nc(-c4ccccc4)no3)cccn2c1=O. The molecule has 10 nitrogen and oxygen atoms in total. The number of anilines is 1. The number of nitrogens with one attached hydrogen (secondary N) is 1. The maximum Gasteiger partial charge on any atom is 0.350 e. The maximum absolute atomic E-state index is 12.9. The first-order valence-corrected chi connectivity index (χ1v) is 10.5. The largest absolute Gasteiger partial charge is 0.495 e. The molecule has 0 aliphatic carbocycles. The maximum atomic E-state index is 12.9. The molecule has 11 heteroatoms. The van der Waals surface area contributed by atoms with Crippen LogP contribution in [0, 0.1) is 0 Å². The van der Waals surface area contributed by atoms with E-state index in [-0.39, 0.29) is 18.1 Å². The van der Waals surface area contributed by atoms with E-state index in [0.717, 1.165) is 10.2 Å². The molecule has 170 valence electrons. The number of aromatic nitrogens is 5. The van der Waals surface area contributed by atoms with Gasteiger partial charge >= 0.3 is 5.69 Å². The molecule has 5 aromatic rings. The minimum Gasteiger partial charge on any atom is -0.495 e. The van der Waals surface area contributed by atoms with Crippen molar-refractivity contribution in [3.8, 4) is 28.6 Å². The van der Waals surface area contributed by atoms with Crippen LogP contribution < -0.4 is 15.7 Å². The van der Waals surface area contributed by atoms with Crippen molar-refractivity contribution in [3.05, 3.63) is 82.4 Å². The molecule has 0 spiro atoms. The van der Waals surface area contributed by atoms with Crippen LogP contribution in [0.2, 0.25) is 5.02 Å². The number of methoxy groups -OCH3 is 1. The Morgan fingerprint density at radius 2 is 1.97 bits per heavy atom. The molecule has 0 atom stereocenters. The number of halogens is 1. The second-order valence-corrected chi connectivity index (χ2v) is 7.67. The van der Waals surface area contributed by atoms with Gasteiger partial charge in [-0.15, -0.1) is 5.10 Å². The second-order valence-electron chi connectivity index (χ2n) is 7.24. The van der Waals surface area contributed by atoms with Gasteiger partial charge in [-0.1, -0.05) is 47.1 Å². The molecule has 1 amide bonds. The van der Waals surface area contributed by atoms with Crippen LogP contribution in [0.25, 0.3) is 28.5 Å². The van der Waals surface area contributed by atoms with Crippen LogP contribution in [-0.4, -0.2) is 37.3 Å². The van der Waals surface area contributed by atoms with Crippen LogP contribution in [0.5, 0.6) is 5.75 Å². The smallest absolute Gasteiger partial charge is 0.350 e. The van der Waals surface area contributed by atoms with Gasteiger partial charge in [0, 0.05) is 16.8 Å². The number of hydrogen-bond acceptors (Lipinski definition) is 7. The molecule has 0 saturated carbocycles. The van der Waals surface area contributed by atoms with E-state index >= 15 is 0 Å². The Balaban J connectivity index is 1.45. The summed E-state index contributed by atoms with van der Waals surface area (Å²) in [6.07, 6.45) is 1.55. The Hall–Kier alpha value is -4.44. The quantitative estimate of drug-likeness (QED) is 0.398. The lowest BCUT2D eigenvalue weighted by atomic mass is 10.2. The number of hydrogen-bond donors (Lipinski definition) is 1. The Morgan fingerprint density at radius 3 is 2.76 bits per heavy atom. The van der Waals surface area contributed by atoms with Gasteiger partial charge < -0.3 is 14.6 Å². The molecule has 0 unspecified atom stereocenters. The first-order chi connectivity index (χ1) is 16.5. The van der Waals surface area contributed by atoms with E-state index < -0.39 is 11.6 Å². The third-order valence-corrected chi connectivity index (χ3v) is 5.26. The van der Waals surface area contributed by atoms with Gasteiger partial charge in [0.05, 0.1) is 18.4 Å². The van der Waals surface area contributed by atoms with E-state index in [1.54, 1.807) is 36.5 Å². The van der Waals surface area contributed by atoms with Gasteiger partial charge in [-0.25, -0.2) is 13.9 Å². The van der Waals surface area contributed by atoms with Crippen molar-refractivity contribution in [3.63, 3.8) is 0 Å². The minimum absolute atomic E-state index is 0.203. The van der Waals surface area contributed by atoms with Crippen LogP contribution in [-0.2, 0) is 11.3 Å². The van der Waals surface area contributed by atoms with Crippen molar-refractivity contribution in [2.45, 2.75) is 6.54 Å². The zero-order chi connectivity index (χ0) is 23.7. The Bertz CT molecular complexity index is 1560. The standard InChI is InChI=1S/C23H17ClN6O4/c1-33-18-10-9-15(24)12-17(18)25-19(31)13-30-23(32)29-11-5-8-16(21(29)27-30)22-26-20(28-34-22)14-6-3-2-4-7-14/h2-12H,13H2,1H3,(H,25,31). The molecule has 0 aliphatic rings. The first-order valence-electron chi connectivity index (χ1n) is 10.1. The third-order valence-electron chi connectivity index (χ3n) is 5.03. The lowest BCUT2D eigenvalue weighted by Gasteiger charge is -2.10. The summed E-state index contributed by atoms with van der Waals surface area (Å²) >= 11 is 6.01. The van der Waals surface area contributed by atoms with Gasteiger partial charge in [0.25, 0.3) is 5.89 Å². The van der Waals surface area contributed by atoms with Gasteiger partial charge in [-0.2, -0.15) is 4.98 Å². The van der Waals surface area contributed by atoms with Gasteiger partial charge in [-0.3, -0.25) is 4.79 Å². The number of carbonyl (C=O) groups excluding carboxylic acids is 1. The molecule has 34 heavy (non-hydrogen) atoms. The lowest BCUT2D eigenvalue weighted by molar-refractivity contribution is -0.117. The highest BCUT2D eigenvalue weighted by atomic mass is 35.5. The van der Waals surface area contributed by atoms with E-state index in [9.17, 15) is 9.59 Å². The van der Waals surface area contributed by atoms with E-state index in [0.29, 0.717) is 27.8 Å². The highest BCUT2D eigenvalue weighted by Crippen LogP contribution is 2.28. The molecule has 1 N–H and O–H groups in total. The molecule has 0 radical (unpaired) electrons. The van der Waals surface area contributed by atoms with Crippen LogP contribution in [0.15, 0.2) is 76.2 Å². The summed E-state index contributed by atoms with van der Waals surface area (Å²) in [6.45, 7) is -0.325. The number of nitrogens with zero attached hydrogens (tertiary/aromatic N) is 5. The fourth-order valence-electron chi connectivity index (χ4n) is 3.45. The number of rotatable bonds is 6. The molecule has 0 saturated heterocycles. The van der Waals surface area contributed by atoms with Gasteiger partial charge in [0.1, 0.15) is 12.3 Å². The number of pyridine rings is 1. The Labute approximate surface area is 197 Å².